The van der Waals surface area contributed by atoms with Gasteiger partial charge >= 0.3 is 0 Å². The topological polar surface area (TPSA) is 51.2 Å². The van der Waals surface area contributed by atoms with Gasteiger partial charge in [0.25, 0.3) is 0 Å². The highest BCUT2D eigenvalue weighted by Gasteiger charge is 2.61. The zero-order valence-electron chi connectivity index (χ0n) is 13.4. The lowest BCUT2D eigenvalue weighted by Gasteiger charge is -2.56. The normalized spacial score (nSPS) is 50.5. The van der Waals surface area contributed by atoms with E-state index >= 15 is 0 Å². The number of Topliss-reactive ketones (excluding diaryl/α,β-unsaturated/α-hetero) is 2. The van der Waals surface area contributed by atoms with Crippen molar-refractivity contribution >= 4 is 17.3 Å². The number of hydrogen-bond acceptors (Lipinski definition) is 3. The van der Waals surface area contributed by atoms with Crippen LogP contribution < -0.4 is 0 Å². The Morgan fingerprint density at radius 1 is 1.05 bits per heavy atom. The molecule has 0 spiro atoms. The summed E-state index contributed by atoms with van der Waals surface area (Å²) in [4.78, 5) is 36.8. The van der Waals surface area contributed by atoms with Crippen LogP contribution in [0.1, 0.15) is 52.4 Å². The van der Waals surface area contributed by atoms with Gasteiger partial charge in [0, 0.05) is 30.6 Å². The quantitative estimate of drug-likeness (QED) is 0.690. The first-order valence-corrected chi connectivity index (χ1v) is 8.64. The van der Waals surface area contributed by atoms with Gasteiger partial charge in [-0.15, -0.1) is 0 Å². The van der Waals surface area contributed by atoms with Crippen LogP contribution in [0.4, 0.5) is 0 Å². The summed E-state index contributed by atoms with van der Waals surface area (Å²) in [5.74, 6) is 1.76. The van der Waals surface area contributed by atoms with Crippen LogP contribution in [0.5, 0.6) is 0 Å². The summed E-state index contributed by atoms with van der Waals surface area (Å²) in [6.45, 7) is 4.30. The van der Waals surface area contributed by atoms with Crippen LogP contribution in [-0.2, 0) is 14.4 Å². The molecule has 4 aliphatic carbocycles. The van der Waals surface area contributed by atoms with Crippen LogP contribution >= 0.6 is 0 Å². The predicted octanol–water partition coefficient (Wildman–Crippen LogP) is 3.12. The number of ketones is 3. The predicted molar refractivity (Wildman–Crippen MR) is 82.0 cm³/mol. The van der Waals surface area contributed by atoms with Gasteiger partial charge in [-0.1, -0.05) is 19.9 Å². The lowest BCUT2D eigenvalue weighted by molar-refractivity contribution is -0.149. The molecule has 0 bridgehead atoms. The maximum atomic E-state index is 12.7. The SMILES string of the molecule is C[C@]12C=CC(=O)CC1C(=O)C[C@@H]1[C@@H]2CC[C@]2(C)C(=O)CC[C@@H]12. The summed E-state index contributed by atoms with van der Waals surface area (Å²) >= 11 is 0. The van der Waals surface area contributed by atoms with Gasteiger partial charge in [-0.2, -0.15) is 0 Å². The van der Waals surface area contributed by atoms with E-state index in [1.54, 1.807) is 6.08 Å². The van der Waals surface area contributed by atoms with Crippen molar-refractivity contribution in [2.75, 3.05) is 0 Å². The molecule has 0 heterocycles. The molecule has 0 aromatic carbocycles. The van der Waals surface area contributed by atoms with E-state index < -0.39 is 0 Å². The minimum Gasteiger partial charge on any atom is -0.299 e. The maximum Gasteiger partial charge on any atom is 0.156 e. The molecule has 3 saturated carbocycles. The Labute approximate surface area is 131 Å². The molecular formula is C19H24O3. The van der Waals surface area contributed by atoms with Gasteiger partial charge in [0.2, 0.25) is 0 Å². The van der Waals surface area contributed by atoms with Crippen LogP contribution in [0.3, 0.4) is 0 Å². The first-order chi connectivity index (χ1) is 10.4. The van der Waals surface area contributed by atoms with Gasteiger partial charge in [-0.3, -0.25) is 14.4 Å². The van der Waals surface area contributed by atoms with Crippen LogP contribution in [0.25, 0.3) is 0 Å². The van der Waals surface area contributed by atoms with E-state index in [0.29, 0.717) is 42.8 Å². The van der Waals surface area contributed by atoms with Crippen LogP contribution in [0.2, 0.25) is 0 Å². The van der Waals surface area contributed by atoms with Crippen LogP contribution in [-0.4, -0.2) is 17.3 Å². The fourth-order valence-electron chi connectivity index (χ4n) is 6.21. The van der Waals surface area contributed by atoms with Crippen molar-refractivity contribution in [1.29, 1.82) is 0 Å². The van der Waals surface area contributed by atoms with Gasteiger partial charge in [0.15, 0.2) is 5.78 Å². The maximum absolute atomic E-state index is 12.7. The Balaban J connectivity index is 1.75. The molecule has 6 atom stereocenters. The Kier molecular flexibility index (Phi) is 2.87. The molecule has 0 aliphatic heterocycles. The standard InChI is InChI=1S/C19H24O3/c1-18-7-5-11(20)9-15(18)16(21)10-12-13-3-4-17(22)19(13,2)8-6-14(12)18/h5,7,12-15H,3-4,6,8-10H2,1-2H3/t12-,13-,14-,15?,18+,19-/m0/s1. The molecule has 0 N–H and O–H groups in total. The Morgan fingerprint density at radius 3 is 2.59 bits per heavy atom. The summed E-state index contributed by atoms with van der Waals surface area (Å²) in [6, 6.07) is 0. The van der Waals surface area contributed by atoms with E-state index in [-0.39, 0.29) is 28.3 Å². The van der Waals surface area contributed by atoms with Crippen molar-refractivity contribution in [3.05, 3.63) is 12.2 Å². The number of rotatable bonds is 0. The first-order valence-electron chi connectivity index (χ1n) is 8.64. The molecule has 118 valence electrons. The van der Waals surface area contributed by atoms with E-state index in [0.717, 1.165) is 19.3 Å². The van der Waals surface area contributed by atoms with E-state index in [2.05, 4.69) is 13.8 Å². The van der Waals surface area contributed by atoms with Gasteiger partial charge in [0.05, 0.1) is 0 Å². The van der Waals surface area contributed by atoms with Gasteiger partial charge < -0.3 is 0 Å². The highest BCUT2D eigenvalue weighted by molar-refractivity contribution is 5.97. The van der Waals surface area contributed by atoms with Crippen molar-refractivity contribution < 1.29 is 14.4 Å². The third-order valence-corrected chi connectivity index (χ3v) is 7.56. The van der Waals surface area contributed by atoms with E-state index in [1.165, 1.54) is 0 Å². The van der Waals surface area contributed by atoms with E-state index in [4.69, 9.17) is 0 Å². The molecule has 1 unspecified atom stereocenters. The summed E-state index contributed by atoms with van der Waals surface area (Å²) in [5.41, 5.74) is -0.375. The smallest absolute Gasteiger partial charge is 0.156 e. The second-order valence-electron chi connectivity index (χ2n) is 8.39. The monoisotopic (exact) mass is 300 g/mol. The third-order valence-electron chi connectivity index (χ3n) is 7.56. The van der Waals surface area contributed by atoms with Gasteiger partial charge in [0.1, 0.15) is 11.6 Å². The second-order valence-corrected chi connectivity index (χ2v) is 8.39. The molecule has 3 nitrogen and oxygen atoms in total. The second kappa shape index (κ2) is 4.39. The average molecular weight is 300 g/mol. The molecule has 4 rings (SSSR count). The molecule has 4 aliphatic rings. The summed E-state index contributed by atoms with van der Waals surface area (Å²) < 4.78 is 0. The summed E-state index contributed by atoms with van der Waals surface area (Å²) in [7, 11) is 0. The third kappa shape index (κ3) is 1.65. The molecule has 0 aromatic heterocycles. The Morgan fingerprint density at radius 2 is 1.82 bits per heavy atom. The molecule has 3 heteroatoms. The fourth-order valence-corrected chi connectivity index (χ4v) is 6.21. The molecule has 3 fully saturated rings. The highest BCUT2D eigenvalue weighted by Crippen LogP contribution is 2.63. The number of carbonyl (C=O) groups excluding carboxylic acids is 3. The lowest BCUT2D eigenvalue weighted by atomic mass is 9.46. The summed E-state index contributed by atoms with van der Waals surface area (Å²) in [5, 5.41) is 0. The van der Waals surface area contributed by atoms with E-state index in [9.17, 15) is 14.4 Å². The Hall–Kier alpha value is -1.25. The molecule has 22 heavy (non-hydrogen) atoms. The molecule has 0 radical (unpaired) electrons. The summed E-state index contributed by atoms with van der Waals surface area (Å²) in [6.07, 6.45) is 8.30. The van der Waals surface area contributed by atoms with Crippen LogP contribution in [0.15, 0.2) is 12.2 Å². The van der Waals surface area contributed by atoms with Gasteiger partial charge in [-0.25, -0.2) is 0 Å². The molecule has 0 saturated heterocycles. The highest BCUT2D eigenvalue weighted by atomic mass is 16.1. The van der Waals surface area contributed by atoms with E-state index in [1.807, 2.05) is 6.08 Å². The van der Waals surface area contributed by atoms with Crippen molar-refractivity contribution in [2.45, 2.75) is 52.4 Å². The Bertz CT molecular complexity index is 604. The lowest BCUT2D eigenvalue weighted by Crippen LogP contribution is -2.55. The molecule has 0 amide bonds. The minimum atomic E-state index is -0.196. The van der Waals surface area contributed by atoms with Crippen molar-refractivity contribution in [3.63, 3.8) is 0 Å². The van der Waals surface area contributed by atoms with Crippen molar-refractivity contribution in [2.24, 2.45) is 34.5 Å². The first kappa shape index (κ1) is 14.3. The number of carbonyl (C=O) groups is 3. The zero-order chi connectivity index (χ0) is 15.7. The van der Waals surface area contributed by atoms with Crippen LogP contribution in [0, 0.1) is 34.5 Å². The average Bonchev–Trinajstić information content (AvgIpc) is 2.77. The molecule has 0 aromatic rings. The van der Waals surface area contributed by atoms with Crippen molar-refractivity contribution in [3.8, 4) is 0 Å². The minimum absolute atomic E-state index is 0.0889. The van der Waals surface area contributed by atoms with Crippen molar-refractivity contribution in [1.82, 2.24) is 0 Å². The largest absolute Gasteiger partial charge is 0.299 e. The number of fused-ring (bicyclic) bond motifs is 5. The zero-order valence-corrected chi connectivity index (χ0v) is 13.4. The number of hydrogen-bond donors (Lipinski definition) is 0. The molecular weight excluding hydrogens is 276 g/mol. The number of allylic oxidation sites excluding steroid dienone is 2. The fraction of sp³-hybridized carbons (Fsp3) is 0.737. The van der Waals surface area contributed by atoms with Gasteiger partial charge in [-0.05, 0) is 48.5 Å².